The quantitative estimate of drug-likeness (QED) is 0.0241. The lowest BCUT2D eigenvalue weighted by Crippen LogP contribution is -2.15. The number of carbonyl (C=O) groups excluding carboxylic acids is 2. The van der Waals surface area contributed by atoms with Gasteiger partial charge in [0.2, 0.25) is 5.75 Å². The number of ether oxygens (including phenoxy) is 14. The molecule has 0 aliphatic heterocycles. The van der Waals surface area contributed by atoms with Gasteiger partial charge in [0.15, 0.2) is 23.1 Å². The summed E-state index contributed by atoms with van der Waals surface area (Å²) in [5.74, 6) is -0.854. The second-order valence-corrected chi connectivity index (χ2v) is 21.0. The Morgan fingerprint density at radius 1 is 0.378 bits per heavy atom. The molecule has 3 aromatic rings. The number of rotatable bonds is 56. The fourth-order valence-electron chi connectivity index (χ4n) is 6.84. The first-order chi connectivity index (χ1) is 39.8. The molecule has 24 nitrogen and oxygen atoms in total. The van der Waals surface area contributed by atoms with E-state index in [1.807, 2.05) is 37.3 Å². The van der Waals surface area contributed by atoms with E-state index in [4.69, 9.17) is 75.4 Å². The van der Waals surface area contributed by atoms with Gasteiger partial charge in [-0.2, -0.15) is 27.1 Å². The van der Waals surface area contributed by atoms with Gasteiger partial charge < -0.3 is 66.3 Å². The number of ketones is 2. The first-order valence-electron chi connectivity index (χ1n) is 27.8. The van der Waals surface area contributed by atoms with E-state index < -0.39 is 31.7 Å². The number of hydrogen-bond donors (Lipinski definition) is 2. The molecule has 3 aromatic carbocycles. The molecule has 0 saturated heterocycles. The minimum atomic E-state index is -4.21. The lowest BCUT2D eigenvalue weighted by atomic mass is 10.1. The molecule has 0 bridgehead atoms. The summed E-state index contributed by atoms with van der Waals surface area (Å²) in [7, 11) is -8.42. The van der Waals surface area contributed by atoms with Gasteiger partial charge in [-0.1, -0.05) is 31.5 Å². The molecule has 3 rings (SSSR count). The molecule has 0 saturated carbocycles. The third kappa shape index (κ3) is 39.0. The number of benzene rings is 3. The minimum Gasteiger partial charge on any atom is -0.489 e. The van der Waals surface area contributed by atoms with Gasteiger partial charge in [0.05, 0.1) is 175 Å². The Hall–Kier alpha value is -4.62. The van der Waals surface area contributed by atoms with E-state index in [0.717, 1.165) is 12.1 Å². The van der Waals surface area contributed by atoms with Gasteiger partial charge in [0, 0.05) is 37.2 Å². The van der Waals surface area contributed by atoms with Crippen molar-refractivity contribution in [1.82, 2.24) is 0 Å². The second kappa shape index (κ2) is 46.7. The maximum Gasteiger partial charge on any atom is 0.264 e. The van der Waals surface area contributed by atoms with Crippen molar-refractivity contribution < 1.29 is 102 Å². The van der Waals surface area contributed by atoms with Crippen LogP contribution in [0, 0.1) is 0 Å². The fourth-order valence-corrected chi connectivity index (χ4v) is 7.81. The highest BCUT2D eigenvalue weighted by Crippen LogP contribution is 2.40. The topological polar surface area (TPSA) is 297 Å². The normalized spacial score (nSPS) is 11.9. The molecule has 0 aliphatic rings. The number of azo groups is 1. The molecule has 82 heavy (non-hydrogen) atoms. The molecule has 2 N–H and O–H groups in total. The van der Waals surface area contributed by atoms with E-state index in [9.17, 15) is 26.4 Å². The van der Waals surface area contributed by atoms with Crippen LogP contribution in [0.15, 0.2) is 77.0 Å². The van der Waals surface area contributed by atoms with E-state index >= 15 is 0 Å². The lowest BCUT2D eigenvalue weighted by Gasteiger charge is -2.18. The first kappa shape index (κ1) is 71.6. The average Bonchev–Trinajstić information content (AvgIpc) is 3.67. The summed E-state index contributed by atoms with van der Waals surface area (Å²) in [5.41, 5.74) is 2.31. The maximum absolute atomic E-state index is 13.3. The molecule has 26 heteroatoms. The van der Waals surface area contributed by atoms with Crippen LogP contribution in [0.5, 0.6) is 17.2 Å². The van der Waals surface area contributed by atoms with Crippen LogP contribution in [-0.2, 0) is 72.3 Å². The Labute approximate surface area is 483 Å². The van der Waals surface area contributed by atoms with E-state index in [0.29, 0.717) is 182 Å². The second-order valence-electron chi connectivity index (χ2n) is 17.9. The van der Waals surface area contributed by atoms with Crippen LogP contribution in [0.1, 0.15) is 79.0 Å². The summed E-state index contributed by atoms with van der Waals surface area (Å²) in [4.78, 5) is 25.7. The monoisotopic (exact) mass is 1200 g/mol. The number of unbranched alkanes of at least 4 members (excludes halogenated alkanes) is 1. The molecule has 0 heterocycles. The zero-order valence-corrected chi connectivity index (χ0v) is 49.0. The van der Waals surface area contributed by atoms with Crippen LogP contribution in [0.25, 0.3) is 0 Å². The van der Waals surface area contributed by atoms with Crippen LogP contribution < -0.4 is 14.2 Å². The summed E-state index contributed by atoms with van der Waals surface area (Å²) < 4.78 is 141. The molecule has 0 amide bonds. The van der Waals surface area contributed by atoms with Gasteiger partial charge in [-0.25, -0.2) is 0 Å². The predicted octanol–water partition coefficient (Wildman–Crippen LogP) is 7.40. The summed E-state index contributed by atoms with van der Waals surface area (Å²) >= 11 is 0. The molecular weight excluding hydrogens is 1120 g/mol. The van der Waals surface area contributed by atoms with Crippen molar-refractivity contribution in [1.29, 1.82) is 0 Å². The van der Waals surface area contributed by atoms with Crippen molar-refractivity contribution >= 4 is 43.2 Å². The zero-order valence-electron chi connectivity index (χ0n) is 47.4. The van der Waals surface area contributed by atoms with Crippen LogP contribution in [0.2, 0.25) is 0 Å². The highest BCUT2D eigenvalue weighted by molar-refractivity contribution is 7.86. The standard InChI is InChI=1S/C56H86N2O22S2/c1-2-3-21-80-56-54(78-22-9-44-81(61,62)63)46-49(47-55(56)79-23-10-45-82(64,65)66)53(60)14-8-20-68-25-27-70-29-31-72-33-35-74-37-39-76-41-43-77-42-40-75-38-36-73-34-32-71-30-28-69-26-24-67-19-7-13-52(59)48-15-17-51(18-16-48)58-57-50-11-5-4-6-12-50/h4-6,11-12,15-18,46-47H,2-3,7-10,13-14,19-45H2,1H3,(H,61,62,63)(H,64,65,66). The predicted molar refractivity (Wildman–Crippen MR) is 303 cm³/mol. The Morgan fingerprint density at radius 3 is 1.04 bits per heavy atom. The molecule has 0 radical (unpaired) electrons. The number of Topliss-reactive ketones (excluding diaryl/α,β-unsaturated/α-hetero) is 2. The molecule has 0 spiro atoms. The zero-order chi connectivity index (χ0) is 59.0. The summed E-state index contributed by atoms with van der Waals surface area (Å²) in [6.07, 6.45) is 2.97. The van der Waals surface area contributed by atoms with Crippen LogP contribution >= 0.6 is 0 Å². The Kier molecular flexibility index (Phi) is 40.8. The van der Waals surface area contributed by atoms with Crippen molar-refractivity contribution in [2.24, 2.45) is 10.2 Å². The van der Waals surface area contributed by atoms with Crippen LogP contribution in [0.3, 0.4) is 0 Å². The SMILES string of the molecule is CCCCOc1c(OCCCS(=O)(=O)O)cc(C(=O)CCCOCCOCCOCCOCCOCCOCCOCCOCCOCCOCCOCCCC(=O)c2ccc(N=Nc3ccccc3)cc2)cc1OCCCS(=O)(=O)O. The summed E-state index contributed by atoms with van der Waals surface area (Å²) in [6.45, 7) is 11.2. The summed E-state index contributed by atoms with van der Waals surface area (Å²) in [5, 5.41) is 8.39. The Balaban J connectivity index is 1.04. The lowest BCUT2D eigenvalue weighted by molar-refractivity contribution is -0.0275. The van der Waals surface area contributed by atoms with E-state index in [1.54, 1.807) is 24.3 Å². The highest BCUT2D eigenvalue weighted by atomic mass is 32.2. The largest absolute Gasteiger partial charge is 0.489 e. The fraction of sp³-hybridized carbons (Fsp3) is 0.643. The third-order valence-electron chi connectivity index (χ3n) is 11.0. The van der Waals surface area contributed by atoms with E-state index in [1.165, 1.54) is 12.1 Å². The van der Waals surface area contributed by atoms with Gasteiger partial charge >= 0.3 is 0 Å². The molecule has 0 aromatic heterocycles. The smallest absolute Gasteiger partial charge is 0.264 e. The average molecular weight is 1200 g/mol. The van der Waals surface area contributed by atoms with Crippen molar-refractivity contribution in [2.75, 3.05) is 177 Å². The Bertz CT molecular complexity index is 2300. The van der Waals surface area contributed by atoms with Crippen LogP contribution in [-0.4, -0.2) is 214 Å². The van der Waals surface area contributed by atoms with Crippen molar-refractivity contribution in [3.63, 3.8) is 0 Å². The van der Waals surface area contributed by atoms with E-state index in [-0.39, 0.29) is 73.5 Å². The van der Waals surface area contributed by atoms with E-state index in [2.05, 4.69) is 10.2 Å². The molecule has 0 fully saturated rings. The van der Waals surface area contributed by atoms with Gasteiger partial charge in [-0.05, 0) is 80.6 Å². The maximum atomic E-state index is 13.3. The number of nitrogens with zero attached hydrogens (tertiary/aromatic N) is 2. The van der Waals surface area contributed by atoms with Crippen LogP contribution in [0.4, 0.5) is 11.4 Å². The van der Waals surface area contributed by atoms with Crippen molar-refractivity contribution in [3.8, 4) is 17.2 Å². The number of carbonyl (C=O) groups is 2. The minimum absolute atomic E-state index is 0.0360. The van der Waals surface area contributed by atoms with Gasteiger partial charge in [-0.3, -0.25) is 18.7 Å². The van der Waals surface area contributed by atoms with Gasteiger partial charge in [0.25, 0.3) is 20.2 Å². The molecular formula is C56H86N2O22S2. The molecule has 464 valence electrons. The van der Waals surface area contributed by atoms with Gasteiger partial charge in [0.1, 0.15) is 0 Å². The van der Waals surface area contributed by atoms with Gasteiger partial charge in [-0.15, -0.1) is 0 Å². The molecule has 0 atom stereocenters. The number of hydrogen-bond acceptors (Lipinski definition) is 22. The first-order valence-corrected chi connectivity index (χ1v) is 31.0. The van der Waals surface area contributed by atoms with Crippen molar-refractivity contribution in [2.45, 2.75) is 58.3 Å². The summed E-state index contributed by atoms with van der Waals surface area (Å²) in [6, 6.07) is 19.5. The Morgan fingerprint density at radius 2 is 0.695 bits per heavy atom. The molecule has 0 unspecified atom stereocenters. The highest BCUT2D eigenvalue weighted by Gasteiger charge is 2.20. The van der Waals surface area contributed by atoms with Crippen molar-refractivity contribution in [3.05, 3.63) is 77.9 Å². The third-order valence-corrected chi connectivity index (χ3v) is 12.6. The molecule has 0 aliphatic carbocycles.